The molecule has 0 spiro atoms. The van der Waals surface area contributed by atoms with Gasteiger partial charge in [0.05, 0.1) is 13.2 Å². The molecule has 1 amide bonds. The molecular formula is C8H14N2O8S. The molecule has 0 radical (unpaired) electrons. The average Bonchev–Trinajstić information content (AvgIpc) is 2.31. The molecule has 10 nitrogen and oxygen atoms in total. The fourth-order valence-electron chi connectivity index (χ4n) is 0.818. The zero-order valence-corrected chi connectivity index (χ0v) is 10.5. The highest BCUT2D eigenvalue weighted by atomic mass is 32.2. The number of carboxylic acids is 2. The highest BCUT2D eigenvalue weighted by Gasteiger charge is 2.24. The van der Waals surface area contributed by atoms with Gasteiger partial charge in [0, 0.05) is 6.42 Å². The molecule has 0 fully saturated rings. The minimum Gasteiger partial charge on any atom is -0.573 e. The minimum atomic E-state index is -2.25. The highest BCUT2D eigenvalue weighted by molar-refractivity contribution is 7.88. The second-order valence-electron chi connectivity index (χ2n) is 3.20. The molecule has 2 atom stereocenters. The summed E-state index contributed by atoms with van der Waals surface area (Å²) in [6, 6.07) is -1.49. The summed E-state index contributed by atoms with van der Waals surface area (Å²) in [7, 11) is 0. The van der Waals surface area contributed by atoms with E-state index >= 15 is 0 Å². The van der Waals surface area contributed by atoms with E-state index in [2.05, 4.69) is 4.74 Å². The lowest BCUT2D eigenvalue weighted by molar-refractivity contribution is -0.140. The quantitative estimate of drug-likeness (QED) is 0.243. The van der Waals surface area contributed by atoms with Crippen molar-refractivity contribution in [2.45, 2.75) is 18.9 Å². The van der Waals surface area contributed by atoms with Gasteiger partial charge in [0.15, 0.2) is 17.6 Å². The number of carbonyl (C=O) groups is 3. The fourth-order valence-corrected chi connectivity index (χ4v) is 1.52. The lowest BCUT2D eigenvalue weighted by atomic mass is 10.3. The maximum Gasteiger partial charge on any atom is 0.450 e. The first kappa shape index (κ1) is 17.4. The number of carbonyl (C=O) groups excluding carboxylic acids is 1. The molecule has 5 N–H and O–H groups in total. The molecule has 0 saturated carbocycles. The van der Waals surface area contributed by atoms with Crippen LogP contribution in [0.5, 0.6) is 0 Å². The van der Waals surface area contributed by atoms with E-state index < -0.39 is 42.2 Å². The summed E-state index contributed by atoms with van der Waals surface area (Å²) in [6.45, 7) is -0.992. The summed E-state index contributed by atoms with van der Waals surface area (Å²) in [5, 5.41) is 25.5. The molecule has 0 aromatic rings. The third-order valence-corrected chi connectivity index (χ3v) is 2.52. The van der Waals surface area contributed by atoms with Crippen LogP contribution in [0.25, 0.3) is 0 Å². The van der Waals surface area contributed by atoms with Gasteiger partial charge in [0.1, 0.15) is 0 Å². The van der Waals surface area contributed by atoms with Crippen molar-refractivity contribution in [3.63, 3.8) is 0 Å². The molecule has 2 unspecified atom stereocenters. The van der Waals surface area contributed by atoms with Gasteiger partial charge >= 0.3 is 18.0 Å². The normalized spacial score (nSPS) is 13.4. The van der Waals surface area contributed by atoms with Crippen LogP contribution in [0.2, 0.25) is 0 Å². The van der Waals surface area contributed by atoms with E-state index in [4.69, 9.17) is 15.3 Å². The van der Waals surface area contributed by atoms with Crippen molar-refractivity contribution in [1.82, 2.24) is 9.44 Å². The summed E-state index contributed by atoms with van der Waals surface area (Å²) >= 11 is -2.25. The van der Waals surface area contributed by atoms with Gasteiger partial charge in [0.2, 0.25) is 0 Å². The zero-order valence-electron chi connectivity index (χ0n) is 9.70. The van der Waals surface area contributed by atoms with Crippen LogP contribution in [0.15, 0.2) is 0 Å². The summed E-state index contributed by atoms with van der Waals surface area (Å²) in [6.07, 6.45) is -1.18. The van der Waals surface area contributed by atoms with Crippen LogP contribution in [0.1, 0.15) is 12.8 Å². The number of carboxylic acid groups (broad SMARTS) is 2. The third-order valence-electron chi connectivity index (χ3n) is 1.67. The Kier molecular flexibility index (Phi) is 8.61. The number of aliphatic hydroxyl groups excluding tert-OH is 1. The topological polar surface area (TPSA) is 168 Å². The summed E-state index contributed by atoms with van der Waals surface area (Å²) in [5.41, 5.74) is 0. The van der Waals surface area contributed by atoms with E-state index in [0.717, 1.165) is 0 Å². The Morgan fingerprint density at radius 2 is 1.95 bits per heavy atom. The molecule has 110 valence electrons. The number of aliphatic carboxylic acids is 2. The van der Waals surface area contributed by atoms with Crippen LogP contribution in [0, 0.1) is 0 Å². The molecule has 11 heteroatoms. The Hall–Kier alpha value is -1.56. The number of hydrogen-bond acceptors (Lipinski definition) is 7. The number of amides is 1. The molecule has 0 aromatic carbocycles. The first-order chi connectivity index (χ1) is 8.86. The monoisotopic (exact) mass is 298 g/mol. The van der Waals surface area contributed by atoms with Crippen molar-refractivity contribution in [3.8, 4) is 0 Å². The number of rotatable bonds is 9. The SMILES string of the molecule is O=C(O)CCCOC(=O)N[S+]([O-])NC(CO)C(=O)O. The van der Waals surface area contributed by atoms with E-state index in [0.29, 0.717) is 0 Å². The second kappa shape index (κ2) is 9.38. The van der Waals surface area contributed by atoms with Gasteiger partial charge in [0.25, 0.3) is 0 Å². The molecule has 0 bridgehead atoms. The van der Waals surface area contributed by atoms with Gasteiger partial charge < -0.3 is 24.6 Å². The molecule has 0 aliphatic rings. The van der Waals surface area contributed by atoms with E-state index in [9.17, 15) is 18.9 Å². The van der Waals surface area contributed by atoms with Crippen LogP contribution in [-0.2, 0) is 25.9 Å². The average molecular weight is 298 g/mol. The molecule has 0 aliphatic carbocycles. The van der Waals surface area contributed by atoms with Crippen LogP contribution in [-0.4, -0.2) is 57.2 Å². The van der Waals surface area contributed by atoms with E-state index in [1.54, 1.807) is 4.72 Å². The van der Waals surface area contributed by atoms with E-state index in [1.807, 2.05) is 4.72 Å². The molecular weight excluding hydrogens is 284 g/mol. The van der Waals surface area contributed by atoms with Gasteiger partial charge in [-0.15, -0.1) is 4.72 Å². The predicted octanol–water partition coefficient (Wildman–Crippen LogP) is -1.81. The molecule has 0 heterocycles. The van der Waals surface area contributed by atoms with Crippen molar-refractivity contribution in [3.05, 3.63) is 0 Å². The van der Waals surface area contributed by atoms with E-state index in [1.165, 1.54) is 0 Å². The van der Waals surface area contributed by atoms with Gasteiger partial charge in [-0.25, -0.2) is 4.79 Å². The minimum absolute atomic E-state index is 0.0945. The standard InChI is InChI=1S/C8H14N2O8S/c11-4-5(7(14)15)9-19(17)10-8(16)18-3-1-2-6(12)13/h5,9,11H,1-4H2,(H,10,16)(H,12,13)(H,14,15). The van der Waals surface area contributed by atoms with Crippen molar-refractivity contribution in [2.75, 3.05) is 13.2 Å². The van der Waals surface area contributed by atoms with Crippen molar-refractivity contribution in [2.24, 2.45) is 0 Å². The largest absolute Gasteiger partial charge is 0.573 e. The Morgan fingerprint density at radius 1 is 1.32 bits per heavy atom. The fraction of sp³-hybridized carbons (Fsp3) is 0.625. The van der Waals surface area contributed by atoms with Gasteiger partial charge in [-0.3, -0.25) is 9.59 Å². The number of aliphatic hydroxyl groups is 1. The molecule has 0 aliphatic heterocycles. The van der Waals surface area contributed by atoms with Crippen LogP contribution >= 0.6 is 0 Å². The molecule has 0 rings (SSSR count). The number of nitrogens with one attached hydrogen (secondary N) is 2. The second-order valence-corrected chi connectivity index (χ2v) is 4.17. The van der Waals surface area contributed by atoms with Crippen molar-refractivity contribution in [1.29, 1.82) is 0 Å². The highest BCUT2D eigenvalue weighted by Crippen LogP contribution is 1.92. The number of hydrogen-bond donors (Lipinski definition) is 5. The first-order valence-electron chi connectivity index (χ1n) is 5.03. The zero-order chi connectivity index (χ0) is 14.8. The van der Waals surface area contributed by atoms with Crippen molar-refractivity contribution < 1.29 is 39.0 Å². The van der Waals surface area contributed by atoms with Gasteiger partial charge in [-0.05, 0) is 6.42 Å². The van der Waals surface area contributed by atoms with Crippen LogP contribution in [0.4, 0.5) is 4.79 Å². The maximum absolute atomic E-state index is 11.2. The Balaban J connectivity index is 3.85. The van der Waals surface area contributed by atoms with Crippen LogP contribution in [0.3, 0.4) is 0 Å². The number of ether oxygens (including phenoxy) is 1. The third kappa shape index (κ3) is 9.07. The molecule has 19 heavy (non-hydrogen) atoms. The summed E-state index contributed by atoms with van der Waals surface area (Å²) < 4.78 is 19.4. The van der Waals surface area contributed by atoms with Gasteiger partial charge in [-0.2, -0.15) is 0 Å². The first-order valence-corrected chi connectivity index (χ1v) is 6.18. The van der Waals surface area contributed by atoms with E-state index in [-0.39, 0.29) is 19.4 Å². The molecule has 0 saturated heterocycles. The summed E-state index contributed by atoms with van der Waals surface area (Å²) in [5.74, 6) is -2.48. The maximum atomic E-state index is 11.2. The predicted molar refractivity (Wildman–Crippen MR) is 61.1 cm³/mol. The molecule has 0 aromatic heterocycles. The smallest absolute Gasteiger partial charge is 0.450 e. The van der Waals surface area contributed by atoms with Gasteiger partial charge in [-0.1, -0.05) is 4.72 Å². The lowest BCUT2D eigenvalue weighted by Crippen LogP contribution is -2.49. The summed E-state index contributed by atoms with van der Waals surface area (Å²) in [4.78, 5) is 31.6. The van der Waals surface area contributed by atoms with Crippen LogP contribution < -0.4 is 9.44 Å². The lowest BCUT2D eigenvalue weighted by Gasteiger charge is -2.14. The Morgan fingerprint density at radius 3 is 2.42 bits per heavy atom. The Bertz CT molecular complexity index is 326. The van der Waals surface area contributed by atoms with Crippen molar-refractivity contribution >= 4 is 29.6 Å². The Labute approximate surface area is 111 Å².